The molecule has 0 aromatic heterocycles. The van der Waals surface area contributed by atoms with Crippen molar-refractivity contribution in [2.24, 2.45) is 5.73 Å². The molecule has 0 aliphatic carbocycles. The predicted octanol–water partition coefficient (Wildman–Crippen LogP) is 3.23. The number of alkyl carbamates (subject to hydrolysis) is 1. The number of nitrogens with zero attached hydrogens (tertiary/aromatic N) is 1. The summed E-state index contributed by atoms with van der Waals surface area (Å²) in [6.07, 6.45) is 2.36. The van der Waals surface area contributed by atoms with Crippen LogP contribution in [0.2, 0.25) is 0 Å². The fourth-order valence-electron chi connectivity index (χ4n) is 3.90. The fraction of sp³-hybridized carbons (Fsp3) is 0.552. The minimum Gasteiger partial charge on any atom is -0.466 e. The van der Waals surface area contributed by atoms with Gasteiger partial charge in [0, 0.05) is 13.1 Å². The summed E-state index contributed by atoms with van der Waals surface area (Å²) in [7, 11) is 0. The second-order valence-corrected chi connectivity index (χ2v) is 10.2. The van der Waals surface area contributed by atoms with Crippen molar-refractivity contribution in [2.75, 3.05) is 19.7 Å². The van der Waals surface area contributed by atoms with Gasteiger partial charge < -0.3 is 30.7 Å². The van der Waals surface area contributed by atoms with Crippen molar-refractivity contribution in [3.8, 4) is 0 Å². The van der Waals surface area contributed by atoms with E-state index in [1.807, 2.05) is 6.92 Å². The Kier molecular flexibility index (Phi) is 14.5. The zero-order valence-corrected chi connectivity index (χ0v) is 24.3. The Morgan fingerprint density at radius 1 is 1.12 bits per heavy atom. The molecule has 2 atom stereocenters. The lowest BCUT2D eigenvalue weighted by Crippen LogP contribution is -2.54. The third kappa shape index (κ3) is 12.3. The lowest BCUT2D eigenvalue weighted by atomic mass is 9.99. The summed E-state index contributed by atoms with van der Waals surface area (Å²) in [5, 5.41) is 5.18. The van der Waals surface area contributed by atoms with E-state index in [1.165, 1.54) is 4.90 Å². The van der Waals surface area contributed by atoms with Gasteiger partial charge in [0.15, 0.2) is 0 Å². The Labute approximate surface area is 236 Å². The number of nitrogens with two attached hydrogens (primary N) is 1. The van der Waals surface area contributed by atoms with Gasteiger partial charge in [-0.25, -0.2) is 4.79 Å². The summed E-state index contributed by atoms with van der Waals surface area (Å²) in [6, 6.07) is 4.46. The Morgan fingerprint density at radius 3 is 2.40 bits per heavy atom. The third-order valence-electron chi connectivity index (χ3n) is 5.64. The van der Waals surface area contributed by atoms with Crippen molar-refractivity contribution >= 4 is 35.9 Å². The first kappa shape index (κ1) is 34.1. The number of carbonyl (C=O) groups is 5. The molecule has 4 amide bonds. The molecule has 0 radical (unpaired) electrons. The molecular weight excluding hydrogens is 516 g/mol. The average Bonchev–Trinajstić information content (AvgIpc) is 2.86. The molecule has 11 heteroatoms. The SMILES string of the molecule is C=Cc1cccc(C(C(=O)NCCC(=O)OCC)N(CCCCC)C(=O)C(CC(N)=O)NC(=O)OC(C)(C)C)c1. The molecule has 0 fully saturated rings. The zero-order chi connectivity index (χ0) is 30.3. The minimum absolute atomic E-state index is 0.00677. The molecule has 0 saturated carbocycles. The Bertz CT molecular complexity index is 1040. The van der Waals surface area contributed by atoms with Gasteiger partial charge in [-0.1, -0.05) is 50.6 Å². The largest absolute Gasteiger partial charge is 0.466 e. The first-order valence-electron chi connectivity index (χ1n) is 13.6. The van der Waals surface area contributed by atoms with Gasteiger partial charge in [-0.05, 0) is 51.3 Å². The van der Waals surface area contributed by atoms with Gasteiger partial charge in [0.1, 0.15) is 17.7 Å². The topological polar surface area (TPSA) is 157 Å². The van der Waals surface area contributed by atoms with E-state index in [-0.39, 0.29) is 26.1 Å². The van der Waals surface area contributed by atoms with E-state index >= 15 is 0 Å². The molecule has 1 aromatic carbocycles. The molecule has 0 saturated heterocycles. The molecule has 40 heavy (non-hydrogen) atoms. The maximum atomic E-state index is 14.0. The molecule has 1 rings (SSSR count). The van der Waals surface area contributed by atoms with Crippen LogP contribution < -0.4 is 16.4 Å². The monoisotopic (exact) mass is 560 g/mol. The third-order valence-corrected chi connectivity index (χ3v) is 5.64. The van der Waals surface area contributed by atoms with Gasteiger partial charge in [0.05, 0.1) is 19.4 Å². The number of benzene rings is 1. The highest BCUT2D eigenvalue weighted by atomic mass is 16.6. The van der Waals surface area contributed by atoms with Gasteiger partial charge in [0.2, 0.25) is 17.7 Å². The van der Waals surface area contributed by atoms with Crippen molar-refractivity contribution in [1.29, 1.82) is 0 Å². The maximum Gasteiger partial charge on any atom is 0.408 e. The molecule has 2 unspecified atom stereocenters. The predicted molar refractivity (Wildman–Crippen MR) is 152 cm³/mol. The Hall–Kier alpha value is -3.89. The average molecular weight is 561 g/mol. The second-order valence-electron chi connectivity index (χ2n) is 10.2. The maximum absolute atomic E-state index is 14.0. The zero-order valence-electron chi connectivity index (χ0n) is 24.3. The van der Waals surface area contributed by atoms with E-state index in [4.69, 9.17) is 15.2 Å². The molecule has 0 aliphatic rings. The van der Waals surface area contributed by atoms with Gasteiger partial charge >= 0.3 is 12.1 Å². The number of primary amides is 1. The summed E-state index contributed by atoms with van der Waals surface area (Å²) in [6.45, 7) is 12.8. The van der Waals surface area contributed by atoms with Crippen LogP contribution in [0.1, 0.15) is 83.9 Å². The highest BCUT2D eigenvalue weighted by Crippen LogP contribution is 2.25. The van der Waals surface area contributed by atoms with Crippen molar-refractivity contribution < 1.29 is 33.4 Å². The normalized spacial score (nSPS) is 12.4. The van der Waals surface area contributed by atoms with Crippen molar-refractivity contribution in [3.05, 3.63) is 42.0 Å². The molecule has 11 nitrogen and oxygen atoms in total. The van der Waals surface area contributed by atoms with E-state index in [0.29, 0.717) is 12.0 Å². The van der Waals surface area contributed by atoms with Crippen LogP contribution in [0.3, 0.4) is 0 Å². The molecule has 0 aliphatic heterocycles. The van der Waals surface area contributed by atoms with Gasteiger partial charge in [-0.15, -0.1) is 0 Å². The van der Waals surface area contributed by atoms with Crippen LogP contribution >= 0.6 is 0 Å². The molecule has 1 aromatic rings. The van der Waals surface area contributed by atoms with E-state index in [9.17, 15) is 24.0 Å². The Morgan fingerprint density at radius 2 is 1.82 bits per heavy atom. The molecule has 0 spiro atoms. The molecular formula is C29H44N4O7. The van der Waals surface area contributed by atoms with Crippen LogP contribution in [0.15, 0.2) is 30.8 Å². The van der Waals surface area contributed by atoms with Crippen molar-refractivity contribution in [3.63, 3.8) is 0 Å². The second kappa shape index (κ2) is 16.9. The van der Waals surface area contributed by atoms with Crippen LogP contribution in [0, 0.1) is 0 Å². The first-order valence-corrected chi connectivity index (χ1v) is 13.6. The highest BCUT2D eigenvalue weighted by Gasteiger charge is 2.36. The Balaban J connectivity index is 3.49. The van der Waals surface area contributed by atoms with E-state index in [2.05, 4.69) is 17.2 Å². The van der Waals surface area contributed by atoms with Crippen molar-refractivity contribution in [2.45, 2.75) is 84.4 Å². The smallest absolute Gasteiger partial charge is 0.408 e. The van der Waals surface area contributed by atoms with Crippen LogP contribution in [0.4, 0.5) is 4.79 Å². The summed E-state index contributed by atoms with van der Waals surface area (Å²) >= 11 is 0. The number of hydrogen-bond donors (Lipinski definition) is 3. The van der Waals surface area contributed by atoms with Crippen LogP contribution in [-0.2, 0) is 28.7 Å². The summed E-state index contributed by atoms with van der Waals surface area (Å²) in [4.78, 5) is 65.2. The quantitative estimate of drug-likeness (QED) is 0.207. The van der Waals surface area contributed by atoms with Crippen LogP contribution in [-0.4, -0.2) is 66.0 Å². The number of amides is 4. The number of ether oxygens (including phenoxy) is 2. The number of carbonyl (C=O) groups excluding carboxylic acids is 5. The van der Waals surface area contributed by atoms with Gasteiger partial charge in [-0.2, -0.15) is 0 Å². The standard InChI is InChI=1S/C29H44N4O7/c1-7-10-11-17-33(27(37)22(19-23(30)34)32-28(38)40-29(4,5)6)25(21-14-12-13-20(8-2)18-21)26(36)31-16-15-24(35)39-9-3/h8,12-14,18,22,25H,2,7,9-11,15-17,19H2,1,3-6H3,(H2,30,34)(H,31,36)(H,32,38). The lowest BCUT2D eigenvalue weighted by molar-refractivity contribution is -0.144. The number of unbranched alkanes of at least 4 members (excludes halogenated alkanes) is 2. The van der Waals surface area contributed by atoms with E-state index in [1.54, 1.807) is 58.0 Å². The number of rotatable bonds is 16. The molecule has 0 heterocycles. The van der Waals surface area contributed by atoms with E-state index < -0.39 is 53.9 Å². The summed E-state index contributed by atoms with van der Waals surface area (Å²) in [5.41, 5.74) is 5.79. The molecule has 222 valence electrons. The number of nitrogens with one attached hydrogen (secondary N) is 2. The van der Waals surface area contributed by atoms with Gasteiger partial charge in [0.25, 0.3) is 0 Å². The number of esters is 1. The fourth-order valence-corrected chi connectivity index (χ4v) is 3.90. The van der Waals surface area contributed by atoms with Gasteiger partial charge in [-0.3, -0.25) is 19.2 Å². The van der Waals surface area contributed by atoms with E-state index in [0.717, 1.165) is 18.4 Å². The molecule has 4 N–H and O–H groups in total. The highest BCUT2D eigenvalue weighted by molar-refractivity contribution is 5.94. The van der Waals surface area contributed by atoms with Crippen molar-refractivity contribution in [1.82, 2.24) is 15.5 Å². The minimum atomic E-state index is -1.37. The van der Waals surface area contributed by atoms with Crippen LogP contribution in [0.25, 0.3) is 6.08 Å². The molecule has 0 bridgehead atoms. The summed E-state index contributed by atoms with van der Waals surface area (Å²) < 4.78 is 10.2. The lowest BCUT2D eigenvalue weighted by Gasteiger charge is -2.34. The first-order chi connectivity index (χ1) is 18.8. The van der Waals surface area contributed by atoms with Crippen LogP contribution in [0.5, 0.6) is 0 Å². The summed E-state index contributed by atoms with van der Waals surface area (Å²) in [5.74, 6) is -2.49. The number of hydrogen-bond acceptors (Lipinski definition) is 7.